The third kappa shape index (κ3) is 4.86. The quantitative estimate of drug-likeness (QED) is 0.566. The molecule has 4 rings (SSSR count). The first-order valence-corrected chi connectivity index (χ1v) is 11.2. The molecular weight excluding hydrogens is 406 g/mol. The van der Waals surface area contributed by atoms with E-state index in [0.717, 1.165) is 16.0 Å². The molecule has 0 bridgehead atoms. The molecule has 5 nitrogen and oxygen atoms in total. The summed E-state index contributed by atoms with van der Waals surface area (Å²) in [4.78, 5) is 33.3. The predicted molar refractivity (Wildman–Crippen MR) is 128 cm³/mol. The summed E-state index contributed by atoms with van der Waals surface area (Å²) in [5.41, 5.74) is 4.79. The number of carbonyl (C=O) groups excluding carboxylic acids is 2. The van der Waals surface area contributed by atoms with Crippen molar-refractivity contribution in [2.45, 2.75) is 18.2 Å². The van der Waals surface area contributed by atoms with Gasteiger partial charge in [-0.15, -0.1) is 11.8 Å². The minimum absolute atomic E-state index is 0.0734. The van der Waals surface area contributed by atoms with E-state index in [0.29, 0.717) is 22.8 Å². The fraction of sp³-hybridized carbons (Fsp3) is 0.160. The van der Waals surface area contributed by atoms with Crippen LogP contribution in [0.5, 0.6) is 0 Å². The van der Waals surface area contributed by atoms with Crippen molar-refractivity contribution < 1.29 is 9.59 Å². The van der Waals surface area contributed by atoms with Crippen LogP contribution in [0.2, 0.25) is 0 Å². The largest absolute Gasteiger partial charge is 0.324 e. The van der Waals surface area contributed by atoms with Gasteiger partial charge in [-0.25, -0.2) is 0 Å². The van der Waals surface area contributed by atoms with E-state index in [1.54, 1.807) is 11.8 Å². The first-order chi connectivity index (χ1) is 15.0. The zero-order valence-electron chi connectivity index (χ0n) is 17.5. The van der Waals surface area contributed by atoms with E-state index in [1.807, 2.05) is 86.0 Å². The van der Waals surface area contributed by atoms with Crippen LogP contribution in [0.15, 0.2) is 82.7 Å². The Kier molecular flexibility index (Phi) is 6.18. The number of amides is 2. The SMILES string of the molecule is CSc1cccc(NC(=O)CN2C(=O)CC(c3ccc(C)cc3)=Nc3ccccc32)c1. The van der Waals surface area contributed by atoms with Gasteiger partial charge >= 0.3 is 0 Å². The lowest BCUT2D eigenvalue weighted by atomic mass is 10.1. The number of aryl methyl sites for hydroxylation is 1. The summed E-state index contributed by atoms with van der Waals surface area (Å²) in [5, 5.41) is 2.90. The van der Waals surface area contributed by atoms with Gasteiger partial charge in [0.1, 0.15) is 6.54 Å². The minimum Gasteiger partial charge on any atom is -0.324 e. The van der Waals surface area contributed by atoms with Crippen molar-refractivity contribution in [3.05, 3.63) is 83.9 Å². The smallest absolute Gasteiger partial charge is 0.244 e. The van der Waals surface area contributed by atoms with E-state index >= 15 is 0 Å². The number of para-hydroxylation sites is 2. The lowest BCUT2D eigenvalue weighted by Crippen LogP contribution is -2.38. The first kappa shape index (κ1) is 20.9. The summed E-state index contributed by atoms with van der Waals surface area (Å²) in [6.45, 7) is 1.95. The van der Waals surface area contributed by atoms with Crippen LogP contribution in [0.3, 0.4) is 0 Å². The highest BCUT2D eigenvalue weighted by Crippen LogP contribution is 2.33. The highest BCUT2D eigenvalue weighted by Gasteiger charge is 2.26. The number of aliphatic imine (C=N–C) groups is 1. The predicted octanol–water partition coefficient (Wildman–Crippen LogP) is 5.21. The summed E-state index contributed by atoms with van der Waals surface area (Å²) in [7, 11) is 0. The number of thioether (sulfide) groups is 1. The molecule has 31 heavy (non-hydrogen) atoms. The third-order valence-electron chi connectivity index (χ3n) is 5.09. The van der Waals surface area contributed by atoms with Gasteiger partial charge < -0.3 is 10.2 Å². The molecule has 0 saturated heterocycles. The van der Waals surface area contributed by atoms with Crippen LogP contribution in [0, 0.1) is 6.92 Å². The monoisotopic (exact) mass is 429 g/mol. The van der Waals surface area contributed by atoms with E-state index in [1.165, 1.54) is 4.90 Å². The molecule has 6 heteroatoms. The molecule has 0 aliphatic carbocycles. The molecular formula is C25H23N3O2S. The Labute approximate surface area is 186 Å². The lowest BCUT2D eigenvalue weighted by Gasteiger charge is -2.22. The van der Waals surface area contributed by atoms with Crippen molar-refractivity contribution in [2.24, 2.45) is 4.99 Å². The number of rotatable bonds is 5. The maximum absolute atomic E-state index is 13.2. The van der Waals surface area contributed by atoms with Crippen LogP contribution in [-0.2, 0) is 9.59 Å². The molecule has 1 heterocycles. The number of carbonyl (C=O) groups is 2. The summed E-state index contributed by atoms with van der Waals surface area (Å²) in [6.07, 6.45) is 2.12. The molecule has 156 valence electrons. The highest BCUT2D eigenvalue weighted by molar-refractivity contribution is 7.98. The molecule has 3 aromatic rings. The zero-order valence-corrected chi connectivity index (χ0v) is 18.3. The van der Waals surface area contributed by atoms with Gasteiger partial charge in [-0.3, -0.25) is 14.6 Å². The van der Waals surface area contributed by atoms with Crippen molar-refractivity contribution in [3.8, 4) is 0 Å². The van der Waals surface area contributed by atoms with Gasteiger partial charge in [0.15, 0.2) is 0 Å². The normalized spacial score (nSPS) is 13.3. The third-order valence-corrected chi connectivity index (χ3v) is 5.81. The van der Waals surface area contributed by atoms with Crippen molar-refractivity contribution in [1.29, 1.82) is 0 Å². The highest BCUT2D eigenvalue weighted by atomic mass is 32.2. The molecule has 0 fully saturated rings. The van der Waals surface area contributed by atoms with Gasteiger partial charge in [0.2, 0.25) is 11.8 Å². The second-order valence-electron chi connectivity index (χ2n) is 7.35. The average Bonchev–Trinajstić information content (AvgIpc) is 2.91. The molecule has 1 aliphatic heterocycles. The lowest BCUT2D eigenvalue weighted by molar-refractivity contribution is -0.120. The van der Waals surface area contributed by atoms with Gasteiger partial charge in [-0.05, 0) is 49.1 Å². The maximum atomic E-state index is 13.2. The van der Waals surface area contributed by atoms with Gasteiger partial charge in [-0.2, -0.15) is 0 Å². The molecule has 1 aliphatic rings. The number of anilines is 2. The number of nitrogens with zero attached hydrogens (tertiary/aromatic N) is 2. The molecule has 0 unspecified atom stereocenters. The molecule has 0 atom stereocenters. The fourth-order valence-electron chi connectivity index (χ4n) is 3.48. The van der Waals surface area contributed by atoms with Crippen LogP contribution in [0.4, 0.5) is 17.1 Å². The molecule has 0 aromatic heterocycles. The second-order valence-corrected chi connectivity index (χ2v) is 8.23. The van der Waals surface area contributed by atoms with Crippen LogP contribution in [0.1, 0.15) is 17.5 Å². The second kappa shape index (κ2) is 9.18. The number of nitrogens with one attached hydrogen (secondary N) is 1. The van der Waals surface area contributed by atoms with Crippen molar-refractivity contribution in [2.75, 3.05) is 23.0 Å². The minimum atomic E-state index is -0.250. The van der Waals surface area contributed by atoms with Crippen LogP contribution in [-0.4, -0.2) is 30.3 Å². The van der Waals surface area contributed by atoms with Crippen LogP contribution in [0.25, 0.3) is 0 Å². The Morgan fingerprint density at radius 3 is 2.61 bits per heavy atom. The van der Waals surface area contributed by atoms with Crippen molar-refractivity contribution >= 4 is 46.4 Å². The standard InChI is InChI=1S/C25H23N3O2S/c1-17-10-12-18(13-11-17)22-15-25(30)28(23-9-4-3-8-21(23)27-22)16-24(29)26-19-6-5-7-20(14-19)31-2/h3-14H,15-16H2,1-2H3,(H,26,29). The van der Waals surface area contributed by atoms with Crippen molar-refractivity contribution in [3.63, 3.8) is 0 Å². The topological polar surface area (TPSA) is 61.8 Å². The summed E-state index contributed by atoms with van der Waals surface area (Å²) >= 11 is 1.61. The van der Waals surface area contributed by atoms with E-state index in [2.05, 4.69) is 5.32 Å². The Hall–Kier alpha value is -3.38. The van der Waals surface area contributed by atoms with E-state index in [4.69, 9.17) is 4.99 Å². The van der Waals surface area contributed by atoms with Crippen LogP contribution < -0.4 is 10.2 Å². The van der Waals surface area contributed by atoms with E-state index < -0.39 is 0 Å². The maximum Gasteiger partial charge on any atom is 0.244 e. The van der Waals surface area contributed by atoms with E-state index in [9.17, 15) is 9.59 Å². The Morgan fingerprint density at radius 1 is 1.06 bits per heavy atom. The number of hydrogen-bond donors (Lipinski definition) is 1. The number of fused-ring (bicyclic) bond motifs is 1. The Morgan fingerprint density at radius 2 is 1.84 bits per heavy atom. The number of benzene rings is 3. The van der Waals surface area contributed by atoms with Gasteiger partial charge in [0.25, 0.3) is 0 Å². The molecule has 0 radical (unpaired) electrons. The fourth-order valence-corrected chi connectivity index (χ4v) is 3.94. The van der Waals surface area contributed by atoms with Gasteiger partial charge in [-0.1, -0.05) is 48.0 Å². The first-order valence-electron chi connectivity index (χ1n) is 10.0. The van der Waals surface area contributed by atoms with Crippen molar-refractivity contribution in [1.82, 2.24) is 0 Å². The van der Waals surface area contributed by atoms with Gasteiger partial charge in [0.05, 0.1) is 23.5 Å². The van der Waals surface area contributed by atoms with Crippen LogP contribution >= 0.6 is 11.8 Å². The van der Waals surface area contributed by atoms with E-state index in [-0.39, 0.29) is 24.8 Å². The zero-order chi connectivity index (χ0) is 21.8. The Balaban J connectivity index is 1.59. The summed E-state index contributed by atoms with van der Waals surface area (Å²) in [5.74, 6) is -0.405. The summed E-state index contributed by atoms with van der Waals surface area (Å²) in [6, 6.07) is 23.0. The van der Waals surface area contributed by atoms with Gasteiger partial charge in [0, 0.05) is 10.6 Å². The number of hydrogen-bond acceptors (Lipinski definition) is 4. The molecule has 1 N–H and O–H groups in total. The molecule has 2 amide bonds. The Bertz CT molecular complexity index is 1160. The summed E-state index contributed by atoms with van der Waals surface area (Å²) < 4.78 is 0. The average molecular weight is 430 g/mol. The molecule has 0 saturated carbocycles. The molecule has 3 aromatic carbocycles. The molecule has 0 spiro atoms.